The van der Waals surface area contributed by atoms with Gasteiger partial charge in [-0.3, -0.25) is 0 Å². The van der Waals surface area contributed by atoms with Crippen LogP contribution in [0.3, 0.4) is 0 Å². The lowest BCUT2D eigenvalue weighted by Gasteiger charge is -2.10. The van der Waals surface area contributed by atoms with Gasteiger partial charge in [0.1, 0.15) is 0 Å². The summed E-state index contributed by atoms with van der Waals surface area (Å²) >= 11 is 18.0. The molecule has 0 saturated heterocycles. The number of ether oxygens (including phenoxy) is 1. The fourth-order valence-electron chi connectivity index (χ4n) is 1.41. The second-order valence-corrected chi connectivity index (χ2v) is 4.88. The molecule has 0 saturated carbocycles. The molecule has 0 aliphatic carbocycles. The first-order chi connectivity index (χ1) is 8.66. The van der Waals surface area contributed by atoms with Crippen LogP contribution >= 0.6 is 34.8 Å². The van der Waals surface area contributed by atoms with E-state index in [2.05, 4.69) is 5.32 Å². The van der Waals surface area contributed by atoms with Gasteiger partial charge in [0.2, 0.25) is 0 Å². The van der Waals surface area contributed by atoms with E-state index in [1.807, 2.05) is 0 Å². The highest BCUT2D eigenvalue weighted by Crippen LogP contribution is 2.31. The highest BCUT2D eigenvalue weighted by Gasteiger charge is 2.08. The minimum absolute atomic E-state index is 0.0567. The van der Waals surface area contributed by atoms with Crippen molar-refractivity contribution < 1.29 is 9.84 Å². The fraction of sp³-hybridized carbons (Fsp3) is 0.500. The van der Waals surface area contributed by atoms with Crippen LogP contribution in [0.4, 0.5) is 0 Å². The van der Waals surface area contributed by atoms with E-state index < -0.39 is 0 Å². The van der Waals surface area contributed by atoms with E-state index in [9.17, 15) is 0 Å². The molecule has 1 rings (SSSR count). The Morgan fingerprint density at radius 1 is 1.11 bits per heavy atom. The standard InChI is InChI=1S/C12H16Cl3NO2/c13-10-2-3-11(14)12(15)9(10)8-16-4-1-6-18-7-5-17/h2-3,16-17H,1,4-8H2. The molecule has 1 aromatic carbocycles. The van der Waals surface area contributed by atoms with E-state index in [-0.39, 0.29) is 6.61 Å². The van der Waals surface area contributed by atoms with Gasteiger partial charge in [0, 0.05) is 23.7 Å². The van der Waals surface area contributed by atoms with Crippen molar-refractivity contribution in [2.45, 2.75) is 13.0 Å². The Morgan fingerprint density at radius 2 is 1.83 bits per heavy atom. The third-order valence-corrected chi connectivity index (χ3v) is 3.52. The predicted octanol–water partition coefficient (Wildman–Crippen LogP) is 3.14. The summed E-state index contributed by atoms with van der Waals surface area (Å²) in [6.45, 7) is 2.40. The van der Waals surface area contributed by atoms with Gasteiger partial charge in [-0.2, -0.15) is 0 Å². The molecule has 0 bridgehead atoms. The topological polar surface area (TPSA) is 41.5 Å². The van der Waals surface area contributed by atoms with E-state index in [1.165, 1.54) is 0 Å². The van der Waals surface area contributed by atoms with Gasteiger partial charge >= 0.3 is 0 Å². The van der Waals surface area contributed by atoms with Gasteiger partial charge in [-0.05, 0) is 25.1 Å². The molecular formula is C12H16Cl3NO2. The number of halogens is 3. The van der Waals surface area contributed by atoms with E-state index in [1.54, 1.807) is 12.1 Å². The van der Waals surface area contributed by atoms with Crippen LogP contribution in [0.2, 0.25) is 15.1 Å². The van der Waals surface area contributed by atoms with Crippen LogP contribution in [0.5, 0.6) is 0 Å². The first-order valence-electron chi connectivity index (χ1n) is 5.68. The number of rotatable bonds is 8. The van der Waals surface area contributed by atoms with Crippen LogP contribution in [0, 0.1) is 0 Å². The van der Waals surface area contributed by atoms with E-state index >= 15 is 0 Å². The fourth-order valence-corrected chi connectivity index (χ4v) is 2.09. The van der Waals surface area contributed by atoms with Crippen molar-refractivity contribution in [3.05, 3.63) is 32.8 Å². The van der Waals surface area contributed by atoms with E-state index in [0.717, 1.165) is 18.5 Å². The molecule has 0 heterocycles. The third-order valence-electron chi connectivity index (χ3n) is 2.32. The van der Waals surface area contributed by atoms with Crippen molar-refractivity contribution in [3.8, 4) is 0 Å². The van der Waals surface area contributed by atoms with Crippen molar-refractivity contribution in [2.24, 2.45) is 0 Å². The first kappa shape index (κ1) is 16.0. The number of nitrogens with one attached hydrogen (secondary N) is 1. The lowest BCUT2D eigenvalue weighted by Crippen LogP contribution is -2.17. The van der Waals surface area contributed by atoms with Gasteiger partial charge < -0.3 is 15.2 Å². The molecular weight excluding hydrogens is 296 g/mol. The molecule has 0 radical (unpaired) electrons. The van der Waals surface area contributed by atoms with Crippen LogP contribution in [-0.2, 0) is 11.3 Å². The number of benzene rings is 1. The molecule has 0 fully saturated rings. The van der Waals surface area contributed by atoms with Crippen molar-refractivity contribution in [2.75, 3.05) is 26.4 Å². The highest BCUT2D eigenvalue weighted by molar-refractivity contribution is 6.44. The average Bonchev–Trinajstić information content (AvgIpc) is 2.36. The molecule has 102 valence electrons. The van der Waals surface area contributed by atoms with Crippen LogP contribution < -0.4 is 5.32 Å². The molecule has 1 aromatic rings. The molecule has 0 aromatic heterocycles. The van der Waals surface area contributed by atoms with Crippen molar-refractivity contribution in [3.63, 3.8) is 0 Å². The normalized spacial score (nSPS) is 10.9. The monoisotopic (exact) mass is 311 g/mol. The Bertz CT molecular complexity index is 375. The summed E-state index contributed by atoms with van der Waals surface area (Å²) in [5, 5.41) is 13.3. The highest BCUT2D eigenvalue weighted by atomic mass is 35.5. The largest absolute Gasteiger partial charge is 0.394 e. The number of hydrogen-bond donors (Lipinski definition) is 2. The van der Waals surface area contributed by atoms with Crippen molar-refractivity contribution in [1.29, 1.82) is 0 Å². The molecule has 0 unspecified atom stereocenters. The van der Waals surface area contributed by atoms with Gasteiger partial charge in [-0.15, -0.1) is 0 Å². The van der Waals surface area contributed by atoms with Crippen LogP contribution in [0.1, 0.15) is 12.0 Å². The lowest BCUT2D eigenvalue weighted by atomic mass is 10.2. The summed E-state index contributed by atoms with van der Waals surface area (Å²) in [6.07, 6.45) is 0.857. The first-order valence-corrected chi connectivity index (χ1v) is 6.82. The van der Waals surface area contributed by atoms with Gasteiger partial charge in [0.15, 0.2) is 0 Å². The minimum Gasteiger partial charge on any atom is -0.394 e. The second-order valence-electron chi connectivity index (χ2n) is 3.69. The second kappa shape index (κ2) is 8.97. The van der Waals surface area contributed by atoms with Gasteiger partial charge in [-0.25, -0.2) is 0 Å². The molecule has 2 N–H and O–H groups in total. The Kier molecular flexibility index (Phi) is 7.98. The predicted molar refractivity (Wildman–Crippen MR) is 75.7 cm³/mol. The Morgan fingerprint density at radius 3 is 2.56 bits per heavy atom. The molecule has 6 heteroatoms. The maximum Gasteiger partial charge on any atom is 0.0697 e. The van der Waals surface area contributed by atoms with Crippen LogP contribution in [0.25, 0.3) is 0 Å². The molecule has 18 heavy (non-hydrogen) atoms. The SMILES string of the molecule is OCCOCCCNCc1c(Cl)ccc(Cl)c1Cl. The lowest BCUT2D eigenvalue weighted by molar-refractivity contribution is 0.0907. The van der Waals surface area contributed by atoms with Crippen molar-refractivity contribution >= 4 is 34.8 Å². The zero-order chi connectivity index (χ0) is 13.4. The molecule has 3 nitrogen and oxygen atoms in total. The van der Waals surface area contributed by atoms with Gasteiger partial charge in [0.05, 0.1) is 23.3 Å². The Hall–Kier alpha value is -0.0300. The molecule has 0 aliphatic heterocycles. The maximum absolute atomic E-state index is 8.52. The van der Waals surface area contributed by atoms with Gasteiger partial charge in [-0.1, -0.05) is 34.8 Å². The van der Waals surface area contributed by atoms with E-state index in [4.69, 9.17) is 44.6 Å². The summed E-state index contributed by atoms with van der Waals surface area (Å²) in [4.78, 5) is 0. The smallest absolute Gasteiger partial charge is 0.0697 e. The average molecular weight is 313 g/mol. The zero-order valence-corrected chi connectivity index (χ0v) is 12.2. The Labute approximate surface area is 122 Å². The molecule has 0 spiro atoms. The third kappa shape index (κ3) is 5.31. The van der Waals surface area contributed by atoms with Gasteiger partial charge in [0.25, 0.3) is 0 Å². The summed E-state index contributed by atoms with van der Waals surface area (Å²) in [6, 6.07) is 3.41. The summed E-state index contributed by atoms with van der Waals surface area (Å²) in [5.74, 6) is 0. The zero-order valence-electron chi connectivity index (χ0n) is 9.89. The number of hydrogen-bond acceptors (Lipinski definition) is 3. The summed E-state index contributed by atoms with van der Waals surface area (Å²) in [5.41, 5.74) is 0.808. The van der Waals surface area contributed by atoms with Crippen LogP contribution in [0.15, 0.2) is 12.1 Å². The maximum atomic E-state index is 8.52. The minimum atomic E-state index is 0.0567. The molecule has 0 aliphatic rings. The van der Waals surface area contributed by atoms with Crippen molar-refractivity contribution in [1.82, 2.24) is 5.32 Å². The van der Waals surface area contributed by atoms with Crippen LogP contribution in [-0.4, -0.2) is 31.5 Å². The molecule has 0 atom stereocenters. The summed E-state index contributed by atoms with van der Waals surface area (Å²) < 4.78 is 5.14. The summed E-state index contributed by atoms with van der Waals surface area (Å²) in [7, 11) is 0. The Balaban J connectivity index is 2.29. The number of aliphatic hydroxyl groups excluding tert-OH is 1. The quantitative estimate of drug-likeness (QED) is 0.572. The molecule has 0 amide bonds. The van der Waals surface area contributed by atoms with E-state index in [0.29, 0.717) is 34.8 Å². The number of aliphatic hydroxyl groups is 1.